The van der Waals surface area contributed by atoms with Crippen molar-refractivity contribution in [3.8, 4) is 11.5 Å². The number of hydrogen-bond acceptors (Lipinski definition) is 6. The maximum Gasteiger partial charge on any atom is 0.363 e. The van der Waals surface area contributed by atoms with Crippen LogP contribution in [-0.2, 0) is 14.3 Å². The molecule has 138 valence electrons. The van der Waals surface area contributed by atoms with Crippen molar-refractivity contribution in [1.29, 1.82) is 0 Å². The van der Waals surface area contributed by atoms with E-state index in [1.807, 2.05) is 26.0 Å². The van der Waals surface area contributed by atoms with Crippen molar-refractivity contribution >= 4 is 23.9 Å². The first kappa shape index (κ1) is 18.4. The summed E-state index contributed by atoms with van der Waals surface area (Å²) in [5.41, 5.74) is 3.21. The lowest BCUT2D eigenvalue weighted by Gasteiger charge is -2.10. The molecule has 0 amide bonds. The molecule has 0 N–H and O–H groups in total. The Bertz CT molecular complexity index is 965. The van der Waals surface area contributed by atoms with Gasteiger partial charge in [0.2, 0.25) is 5.90 Å². The second-order valence-corrected chi connectivity index (χ2v) is 6.15. The van der Waals surface area contributed by atoms with Crippen LogP contribution < -0.4 is 9.47 Å². The predicted molar refractivity (Wildman–Crippen MR) is 101 cm³/mol. The van der Waals surface area contributed by atoms with Crippen molar-refractivity contribution in [2.45, 2.75) is 20.8 Å². The summed E-state index contributed by atoms with van der Waals surface area (Å²) in [6, 6.07) is 10.8. The number of cyclic esters (lactones) is 1. The van der Waals surface area contributed by atoms with E-state index < -0.39 is 5.97 Å². The Labute approximate surface area is 157 Å². The smallest absolute Gasteiger partial charge is 0.363 e. The van der Waals surface area contributed by atoms with Crippen LogP contribution in [0.15, 0.2) is 47.1 Å². The van der Waals surface area contributed by atoms with Crippen LogP contribution in [0.1, 0.15) is 29.2 Å². The molecule has 0 atom stereocenters. The molecule has 0 bridgehead atoms. The van der Waals surface area contributed by atoms with Crippen LogP contribution in [0.4, 0.5) is 0 Å². The first-order valence-corrected chi connectivity index (χ1v) is 8.34. The molecule has 6 heteroatoms. The van der Waals surface area contributed by atoms with Crippen molar-refractivity contribution in [3.05, 3.63) is 64.3 Å². The Morgan fingerprint density at radius 1 is 1.15 bits per heavy atom. The van der Waals surface area contributed by atoms with E-state index in [9.17, 15) is 9.59 Å². The number of rotatable bonds is 4. The van der Waals surface area contributed by atoms with Gasteiger partial charge in [-0.1, -0.05) is 6.07 Å². The SMILES string of the molecule is COc1cccc(C2=N/C(=C\c3cc(C)c(OC(C)=O)c(C)c3)C(=O)O2)c1. The monoisotopic (exact) mass is 365 g/mol. The Morgan fingerprint density at radius 3 is 2.48 bits per heavy atom. The first-order chi connectivity index (χ1) is 12.9. The van der Waals surface area contributed by atoms with E-state index in [-0.39, 0.29) is 17.6 Å². The van der Waals surface area contributed by atoms with Gasteiger partial charge in [-0.3, -0.25) is 4.79 Å². The molecule has 3 rings (SSSR count). The fourth-order valence-corrected chi connectivity index (χ4v) is 2.82. The van der Waals surface area contributed by atoms with Crippen molar-refractivity contribution in [3.63, 3.8) is 0 Å². The van der Waals surface area contributed by atoms with Gasteiger partial charge in [0.15, 0.2) is 5.70 Å². The summed E-state index contributed by atoms with van der Waals surface area (Å²) >= 11 is 0. The standard InChI is InChI=1S/C21H19NO5/c1-12-8-15(9-13(2)19(12)26-14(3)23)10-18-21(24)27-20(22-18)16-6-5-7-17(11-16)25-4/h5-11H,1-4H3/b18-10-. The minimum atomic E-state index is -0.521. The van der Waals surface area contributed by atoms with Crippen molar-refractivity contribution in [1.82, 2.24) is 0 Å². The summed E-state index contributed by atoms with van der Waals surface area (Å²) in [4.78, 5) is 27.7. The Kier molecular flexibility index (Phi) is 5.07. The van der Waals surface area contributed by atoms with E-state index in [0.29, 0.717) is 17.1 Å². The molecule has 6 nitrogen and oxygen atoms in total. The number of carbonyl (C=O) groups is 2. The molecule has 0 fully saturated rings. The third-order valence-electron chi connectivity index (χ3n) is 3.97. The number of aliphatic imine (C=N–C) groups is 1. The fraction of sp³-hybridized carbons (Fsp3) is 0.190. The summed E-state index contributed by atoms with van der Waals surface area (Å²) in [6.45, 7) is 5.04. The lowest BCUT2D eigenvalue weighted by Crippen LogP contribution is -2.05. The number of hydrogen-bond donors (Lipinski definition) is 0. The molecule has 0 aromatic heterocycles. The average molecular weight is 365 g/mol. The largest absolute Gasteiger partial charge is 0.497 e. The van der Waals surface area contributed by atoms with Crippen LogP contribution in [0.5, 0.6) is 11.5 Å². The summed E-state index contributed by atoms with van der Waals surface area (Å²) in [7, 11) is 1.57. The molecule has 0 unspecified atom stereocenters. The zero-order valence-electron chi connectivity index (χ0n) is 15.5. The van der Waals surface area contributed by atoms with Gasteiger partial charge in [0.1, 0.15) is 11.5 Å². The van der Waals surface area contributed by atoms with E-state index in [1.165, 1.54) is 6.92 Å². The minimum absolute atomic E-state index is 0.201. The van der Waals surface area contributed by atoms with Crippen LogP contribution in [-0.4, -0.2) is 24.9 Å². The first-order valence-electron chi connectivity index (χ1n) is 8.34. The molecule has 1 heterocycles. The molecule has 0 saturated carbocycles. The molecule has 0 spiro atoms. The van der Waals surface area contributed by atoms with Crippen molar-refractivity contribution in [2.24, 2.45) is 4.99 Å². The quantitative estimate of drug-likeness (QED) is 0.470. The molecule has 1 aliphatic rings. The number of carbonyl (C=O) groups excluding carboxylic acids is 2. The minimum Gasteiger partial charge on any atom is -0.497 e. The van der Waals surface area contributed by atoms with E-state index in [0.717, 1.165) is 16.7 Å². The number of aryl methyl sites for hydroxylation is 2. The second-order valence-electron chi connectivity index (χ2n) is 6.15. The lowest BCUT2D eigenvalue weighted by molar-refractivity contribution is -0.132. The molecule has 0 aliphatic carbocycles. The molecule has 1 aliphatic heterocycles. The van der Waals surface area contributed by atoms with E-state index >= 15 is 0 Å². The van der Waals surface area contributed by atoms with Crippen LogP contribution in [0, 0.1) is 13.8 Å². The Hall–Kier alpha value is -3.41. The molecule has 2 aromatic rings. The maximum absolute atomic E-state index is 12.2. The number of ether oxygens (including phenoxy) is 3. The van der Waals surface area contributed by atoms with Crippen LogP contribution >= 0.6 is 0 Å². The molecule has 0 saturated heterocycles. The van der Waals surface area contributed by atoms with Gasteiger partial charge in [-0.2, -0.15) is 0 Å². The van der Waals surface area contributed by atoms with Gasteiger partial charge in [-0.25, -0.2) is 9.79 Å². The third-order valence-corrected chi connectivity index (χ3v) is 3.97. The zero-order chi connectivity index (χ0) is 19.6. The van der Waals surface area contributed by atoms with Gasteiger partial charge in [0.05, 0.1) is 7.11 Å². The Morgan fingerprint density at radius 2 is 1.85 bits per heavy atom. The lowest BCUT2D eigenvalue weighted by atomic mass is 10.0. The van der Waals surface area contributed by atoms with Gasteiger partial charge in [-0.05, 0) is 66.9 Å². The molecular weight excluding hydrogens is 346 g/mol. The van der Waals surface area contributed by atoms with Crippen LogP contribution in [0.2, 0.25) is 0 Å². The highest BCUT2D eigenvalue weighted by atomic mass is 16.6. The summed E-state index contributed by atoms with van der Waals surface area (Å²) in [5, 5.41) is 0. The van der Waals surface area contributed by atoms with Gasteiger partial charge in [0, 0.05) is 12.5 Å². The normalized spacial score (nSPS) is 14.7. The summed E-state index contributed by atoms with van der Waals surface area (Å²) in [5.74, 6) is 0.511. The number of methoxy groups -OCH3 is 1. The highest BCUT2D eigenvalue weighted by Gasteiger charge is 2.24. The fourth-order valence-electron chi connectivity index (χ4n) is 2.82. The Balaban J connectivity index is 1.93. The van der Waals surface area contributed by atoms with Gasteiger partial charge in [-0.15, -0.1) is 0 Å². The number of esters is 2. The topological polar surface area (TPSA) is 74.2 Å². The second kappa shape index (κ2) is 7.45. The highest BCUT2D eigenvalue weighted by Crippen LogP contribution is 2.27. The molecule has 2 aromatic carbocycles. The van der Waals surface area contributed by atoms with E-state index in [2.05, 4.69) is 4.99 Å². The van der Waals surface area contributed by atoms with Gasteiger partial charge in [0.25, 0.3) is 0 Å². The molecule has 27 heavy (non-hydrogen) atoms. The van der Waals surface area contributed by atoms with Crippen LogP contribution in [0.3, 0.4) is 0 Å². The van der Waals surface area contributed by atoms with Gasteiger partial charge < -0.3 is 14.2 Å². The maximum atomic E-state index is 12.2. The van der Waals surface area contributed by atoms with Crippen molar-refractivity contribution < 1.29 is 23.8 Å². The highest BCUT2D eigenvalue weighted by molar-refractivity contribution is 6.13. The van der Waals surface area contributed by atoms with Crippen LogP contribution in [0.25, 0.3) is 6.08 Å². The third kappa shape index (κ3) is 4.06. The van der Waals surface area contributed by atoms with E-state index in [4.69, 9.17) is 14.2 Å². The number of nitrogens with zero attached hydrogens (tertiary/aromatic N) is 1. The zero-order valence-corrected chi connectivity index (χ0v) is 15.5. The van der Waals surface area contributed by atoms with Crippen molar-refractivity contribution in [2.75, 3.05) is 7.11 Å². The van der Waals surface area contributed by atoms with E-state index in [1.54, 1.807) is 37.5 Å². The molecular formula is C21H19NO5. The number of benzene rings is 2. The summed E-state index contributed by atoms with van der Waals surface area (Å²) < 4.78 is 15.7. The summed E-state index contributed by atoms with van der Waals surface area (Å²) in [6.07, 6.45) is 1.65. The van der Waals surface area contributed by atoms with Gasteiger partial charge >= 0.3 is 11.9 Å². The average Bonchev–Trinajstić information content (AvgIpc) is 2.99. The predicted octanol–water partition coefficient (Wildman–Crippen LogP) is 3.58. The molecule has 0 radical (unpaired) electrons.